The Morgan fingerprint density at radius 2 is 1.62 bits per heavy atom. The predicted molar refractivity (Wildman–Crippen MR) is 83.1 cm³/mol. The highest BCUT2D eigenvalue weighted by Crippen LogP contribution is 2.25. The summed E-state index contributed by atoms with van der Waals surface area (Å²) in [6.45, 7) is 1.79. The Morgan fingerprint density at radius 3 is 2.12 bits per heavy atom. The molecule has 2 rings (SSSR count). The largest absolute Gasteiger partial charge is 0.573 e. The van der Waals surface area contributed by atoms with Gasteiger partial charge in [0, 0.05) is 6.04 Å². The molecule has 0 heterocycles. The van der Waals surface area contributed by atoms with Gasteiger partial charge in [0.05, 0.1) is 0 Å². The summed E-state index contributed by atoms with van der Waals surface area (Å²) < 4.78 is 40.3. The highest BCUT2D eigenvalue weighted by Gasteiger charge is 2.31. The number of benzene rings is 2. The summed E-state index contributed by atoms with van der Waals surface area (Å²) >= 11 is 0. The van der Waals surface area contributed by atoms with Crippen molar-refractivity contribution >= 4 is 5.91 Å². The number of amides is 1. The molecule has 0 bridgehead atoms. The van der Waals surface area contributed by atoms with Crippen LogP contribution in [0.3, 0.4) is 0 Å². The van der Waals surface area contributed by atoms with Crippen molar-refractivity contribution in [2.45, 2.75) is 25.4 Å². The number of hydrogen-bond donors (Lipinski definition) is 2. The Morgan fingerprint density at radius 1 is 1.04 bits per heavy atom. The lowest BCUT2D eigenvalue weighted by atomic mass is 10.0. The molecule has 0 aliphatic heterocycles. The number of primary amides is 1. The van der Waals surface area contributed by atoms with Gasteiger partial charge in [-0.3, -0.25) is 10.1 Å². The Balaban J connectivity index is 2.10. The van der Waals surface area contributed by atoms with E-state index in [-0.39, 0.29) is 11.8 Å². The first-order valence-electron chi connectivity index (χ1n) is 7.22. The minimum absolute atomic E-state index is 0.298. The third-order valence-electron chi connectivity index (χ3n) is 3.45. The fourth-order valence-electron chi connectivity index (χ4n) is 2.29. The van der Waals surface area contributed by atoms with Crippen LogP contribution in [0.15, 0.2) is 54.6 Å². The van der Waals surface area contributed by atoms with Crippen LogP contribution in [0.1, 0.15) is 30.1 Å². The number of carbonyl (C=O) groups is 1. The molecule has 2 unspecified atom stereocenters. The summed E-state index contributed by atoms with van der Waals surface area (Å²) in [6.07, 6.45) is -4.73. The summed E-state index contributed by atoms with van der Waals surface area (Å²) in [5.41, 5.74) is 6.86. The topological polar surface area (TPSA) is 64.3 Å². The van der Waals surface area contributed by atoms with Crippen LogP contribution in [0.2, 0.25) is 0 Å². The van der Waals surface area contributed by atoms with E-state index in [0.717, 1.165) is 0 Å². The normalized spacial score (nSPS) is 14.0. The average molecular weight is 338 g/mol. The molecule has 0 radical (unpaired) electrons. The lowest BCUT2D eigenvalue weighted by Gasteiger charge is -2.22. The molecule has 0 saturated carbocycles. The number of ether oxygens (including phenoxy) is 1. The average Bonchev–Trinajstić information content (AvgIpc) is 2.52. The molecule has 0 saturated heterocycles. The summed E-state index contributed by atoms with van der Waals surface area (Å²) in [6, 6.07) is 13.4. The SMILES string of the molecule is CC(NC(C(N)=O)c1ccccc1)c1ccc(OC(F)(F)F)cc1. The Hall–Kier alpha value is -2.54. The number of alkyl halides is 3. The summed E-state index contributed by atoms with van der Waals surface area (Å²) in [5.74, 6) is -0.835. The lowest BCUT2D eigenvalue weighted by Crippen LogP contribution is -2.35. The van der Waals surface area contributed by atoms with Crippen molar-refractivity contribution in [1.29, 1.82) is 0 Å². The van der Waals surface area contributed by atoms with E-state index in [1.807, 2.05) is 6.07 Å². The molecule has 0 aromatic heterocycles. The number of halogens is 3. The van der Waals surface area contributed by atoms with Crippen LogP contribution < -0.4 is 15.8 Å². The van der Waals surface area contributed by atoms with E-state index in [4.69, 9.17) is 5.73 Å². The van der Waals surface area contributed by atoms with Gasteiger partial charge >= 0.3 is 6.36 Å². The fourth-order valence-corrected chi connectivity index (χ4v) is 2.29. The lowest BCUT2D eigenvalue weighted by molar-refractivity contribution is -0.274. The minimum Gasteiger partial charge on any atom is -0.406 e. The molecule has 1 amide bonds. The minimum atomic E-state index is -4.73. The molecule has 0 aliphatic rings. The van der Waals surface area contributed by atoms with Crippen molar-refractivity contribution in [3.05, 3.63) is 65.7 Å². The first-order valence-corrected chi connectivity index (χ1v) is 7.22. The molecule has 24 heavy (non-hydrogen) atoms. The number of nitrogens with two attached hydrogens (primary N) is 1. The van der Waals surface area contributed by atoms with E-state index in [2.05, 4.69) is 10.1 Å². The summed E-state index contributed by atoms with van der Waals surface area (Å²) in [7, 11) is 0. The summed E-state index contributed by atoms with van der Waals surface area (Å²) in [5, 5.41) is 3.08. The van der Waals surface area contributed by atoms with Gasteiger partial charge in [-0.15, -0.1) is 13.2 Å². The van der Waals surface area contributed by atoms with Crippen molar-refractivity contribution < 1.29 is 22.7 Å². The number of hydrogen-bond acceptors (Lipinski definition) is 3. The van der Waals surface area contributed by atoms with E-state index < -0.39 is 18.3 Å². The monoisotopic (exact) mass is 338 g/mol. The zero-order valence-electron chi connectivity index (χ0n) is 12.9. The number of carbonyl (C=O) groups excluding carboxylic acids is 1. The quantitative estimate of drug-likeness (QED) is 0.848. The Labute approximate surface area is 137 Å². The second-order valence-electron chi connectivity index (χ2n) is 5.25. The van der Waals surface area contributed by atoms with Crippen LogP contribution in [0, 0.1) is 0 Å². The standard InChI is InChI=1S/C17H17F3N2O2/c1-11(12-7-9-14(10-8-12)24-17(18,19)20)22-15(16(21)23)13-5-3-2-4-6-13/h2-11,15,22H,1H3,(H2,21,23). The van der Waals surface area contributed by atoms with E-state index in [1.165, 1.54) is 24.3 Å². The van der Waals surface area contributed by atoms with Gasteiger partial charge in [0.25, 0.3) is 0 Å². The Kier molecular flexibility index (Phi) is 5.46. The highest BCUT2D eigenvalue weighted by atomic mass is 19.4. The Bertz CT molecular complexity index is 672. The molecule has 3 N–H and O–H groups in total. The van der Waals surface area contributed by atoms with Crippen LogP contribution >= 0.6 is 0 Å². The molecule has 2 aromatic carbocycles. The summed E-state index contributed by atoms with van der Waals surface area (Å²) in [4.78, 5) is 11.7. The second-order valence-corrected chi connectivity index (χ2v) is 5.25. The first kappa shape index (κ1) is 17.8. The zero-order valence-corrected chi connectivity index (χ0v) is 12.9. The van der Waals surface area contributed by atoms with Gasteiger partial charge < -0.3 is 10.5 Å². The predicted octanol–water partition coefficient (Wildman–Crippen LogP) is 3.46. The third-order valence-corrected chi connectivity index (χ3v) is 3.45. The van der Waals surface area contributed by atoms with Gasteiger partial charge in [-0.1, -0.05) is 42.5 Å². The second kappa shape index (κ2) is 7.35. The first-order chi connectivity index (χ1) is 11.3. The molecule has 128 valence electrons. The van der Waals surface area contributed by atoms with Gasteiger partial charge in [-0.2, -0.15) is 0 Å². The van der Waals surface area contributed by atoms with E-state index >= 15 is 0 Å². The molecule has 0 aliphatic carbocycles. The van der Waals surface area contributed by atoms with E-state index in [1.54, 1.807) is 31.2 Å². The number of rotatable bonds is 6. The molecule has 0 fully saturated rings. The van der Waals surface area contributed by atoms with Crippen molar-refractivity contribution in [2.75, 3.05) is 0 Å². The van der Waals surface area contributed by atoms with E-state index in [0.29, 0.717) is 11.1 Å². The smallest absolute Gasteiger partial charge is 0.406 e. The molecule has 7 heteroatoms. The molecule has 0 spiro atoms. The van der Waals surface area contributed by atoms with Crippen molar-refractivity contribution in [3.8, 4) is 5.75 Å². The van der Waals surface area contributed by atoms with Crippen LogP contribution in [0.25, 0.3) is 0 Å². The fraction of sp³-hybridized carbons (Fsp3) is 0.235. The third kappa shape index (κ3) is 4.99. The molecule has 2 atom stereocenters. The van der Waals surface area contributed by atoms with Crippen molar-refractivity contribution in [3.63, 3.8) is 0 Å². The van der Waals surface area contributed by atoms with Crippen molar-refractivity contribution in [2.24, 2.45) is 5.73 Å². The van der Waals surface area contributed by atoms with Gasteiger partial charge in [0.15, 0.2) is 0 Å². The maximum absolute atomic E-state index is 12.2. The zero-order chi connectivity index (χ0) is 17.7. The van der Waals surface area contributed by atoms with Crippen LogP contribution in [0.5, 0.6) is 5.75 Å². The van der Waals surface area contributed by atoms with Gasteiger partial charge in [0.1, 0.15) is 11.8 Å². The number of nitrogens with one attached hydrogen (secondary N) is 1. The molecule has 4 nitrogen and oxygen atoms in total. The van der Waals surface area contributed by atoms with Gasteiger partial charge in [-0.05, 0) is 30.2 Å². The van der Waals surface area contributed by atoms with Crippen LogP contribution in [0.4, 0.5) is 13.2 Å². The molecular formula is C17H17F3N2O2. The maximum atomic E-state index is 12.2. The highest BCUT2D eigenvalue weighted by molar-refractivity contribution is 5.81. The van der Waals surface area contributed by atoms with Gasteiger partial charge in [-0.25, -0.2) is 0 Å². The van der Waals surface area contributed by atoms with Crippen molar-refractivity contribution in [1.82, 2.24) is 5.32 Å². The molecule has 2 aromatic rings. The van der Waals surface area contributed by atoms with Crippen LogP contribution in [-0.2, 0) is 4.79 Å². The molecular weight excluding hydrogens is 321 g/mol. The van der Waals surface area contributed by atoms with E-state index in [9.17, 15) is 18.0 Å². The van der Waals surface area contributed by atoms with Gasteiger partial charge in [0.2, 0.25) is 5.91 Å². The van der Waals surface area contributed by atoms with Crippen LogP contribution in [-0.4, -0.2) is 12.3 Å². The maximum Gasteiger partial charge on any atom is 0.573 e.